The number of amides is 2. The quantitative estimate of drug-likeness (QED) is 0.582. The number of carbonyl (C=O) groups is 2. The molecule has 1 aromatic heterocycles. The van der Waals surface area contributed by atoms with Crippen molar-refractivity contribution in [1.29, 1.82) is 0 Å². The van der Waals surface area contributed by atoms with Crippen molar-refractivity contribution in [2.45, 2.75) is 20.5 Å². The zero-order chi connectivity index (χ0) is 22.4. The van der Waals surface area contributed by atoms with E-state index in [2.05, 4.69) is 15.7 Å². The maximum absolute atomic E-state index is 12.5. The number of rotatable bonds is 8. The van der Waals surface area contributed by atoms with Crippen LogP contribution in [-0.2, 0) is 18.4 Å². The van der Waals surface area contributed by atoms with Crippen LogP contribution in [0.4, 0.5) is 5.69 Å². The molecule has 31 heavy (non-hydrogen) atoms. The van der Waals surface area contributed by atoms with Crippen molar-refractivity contribution in [1.82, 2.24) is 15.1 Å². The summed E-state index contributed by atoms with van der Waals surface area (Å²) in [6.45, 7) is 3.90. The van der Waals surface area contributed by atoms with E-state index in [1.54, 1.807) is 29.9 Å². The van der Waals surface area contributed by atoms with Crippen LogP contribution >= 0.6 is 0 Å². The number of hydrogen-bond donors (Lipinski definition) is 2. The summed E-state index contributed by atoms with van der Waals surface area (Å²) in [7, 11) is 3.32. The predicted octanol–water partition coefficient (Wildman–Crippen LogP) is 2.99. The van der Waals surface area contributed by atoms with E-state index >= 15 is 0 Å². The van der Waals surface area contributed by atoms with Gasteiger partial charge in [-0.05, 0) is 37.6 Å². The molecule has 0 radical (unpaired) electrons. The highest BCUT2D eigenvalue weighted by atomic mass is 16.5. The van der Waals surface area contributed by atoms with E-state index in [0.717, 1.165) is 17.0 Å². The number of hydrogen-bond acceptors (Lipinski definition) is 5. The van der Waals surface area contributed by atoms with Gasteiger partial charge in [0.15, 0.2) is 11.5 Å². The molecule has 8 heteroatoms. The molecule has 1 heterocycles. The van der Waals surface area contributed by atoms with Crippen LogP contribution in [0.25, 0.3) is 0 Å². The summed E-state index contributed by atoms with van der Waals surface area (Å²) in [6, 6.07) is 14.7. The minimum atomic E-state index is -0.386. The minimum Gasteiger partial charge on any atom is -0.493 e. The van der Waals surface area contributed by atoms with Gasteiger partial charge in [-0.3, -0.25) is 14.3 Å². The third kappa shape index (κ3) is 5.42. The fourth-order valence-corrected chi connectivity index (χ4v) is 3.06. The number of methoxy groups -OCH3 is 1. The third-order valence-corrected chi connectivity index (χ3v) is 4.85. The van der Waals surface area contributed by atoms with Crippen molar-refractivity contribution in [2.24, 2.45) is 7.05 Å². The average Bonchev–Trinajstić information content (AvgIpc) is 3.02. The van der Waals surface area contributed by atoms with Crippen LogP contribution in [0.3, 0.4) is 0 Å². The van der Waals surface area contributed by atoms with Gasteiger partial charge in [0.25, 0.3) is 5.91 Å². The molecule has 0 fully saturated rings. The number of benzene rings is 2. The van der Waals surface area contributed by atoms with Gasteiger partial charge in [0.1, 0.15) is 6.61 Å². The van der Waals surface area contributed by atoms with Crippen molar-refractivity contribution in [3.05, 3.63) is 71.0 Å². The molecule has 0 aliphatic rings. The summed E-state index contributed by atoms with van der Waals surface area (Å²) in [5.74, 6) is 0.253. The molecule has 162 valence electrons. The summed E-state index contributed by atoms with van der Waals surface area (Å²) in [4.78, 5) is 24.7. The molecule has 0 aliphatic heterocycles. The Bertz CT molecular complexity index is 1080. The van der Waals surface area contributed by atoms with Crippen LogP contribution in [0.5, 0.6) is 11.5 Å². The summed E-state index contributed by atoms with van der Waals surface area (Å²) in [5.41, 5.74) is 3.61. The molecule has 2 aromatic carbocycles. The largest absolute Gasteiger partial charge is 0.493 e. The topological polar surface area (TPSA) is 94.5 Å². The molecule has 8 nitrogen and oxygen atoms in total. The minimum absolute atomic E-state index is 0.165. The molecule has 2 amide bonds. The second-order valence-corrected chi connectivity index (χ2v) is 7.04. The standard InChI is InChI=1S/C23H26N4O4/c1-15-22(16(2)27(3)26-15)25-21(28)13-24-23(29)18-10-11-19(20(12-18)30-4)31-14-17-8-6-5-7-9-17/h5-12H,13-14H2,1-4H3,(H,24,29)(H,25,28). The highest BCUT2D eigenvalue weighted by molar-refractivity contribution is 6.00. The van der Waals surface area contributed by atoms with Crippen LogP contribution in [-0.4, -0.2) is 35.2 Å². The smallest absolute Gasteiger partial charge is 0.251 e. The van der Waals surface area contributed by atoms with E-state index in [1.165, 1.54) is 7.11 Å². The SMILES string of the molecule is COc1cc(C(=O)NCC(=O)Nc2c(C)nn(C)c2C)ccc1OCc1ccccc1. The van der Waals surface area contributed by atoms with Crippen molar-refractivity contribution in [3.63, 3.8) is 0 Å². The van der Waals surface area contributed by atoms with Crippen molar-refractivity contribution in [3.8, 4) is 11.5 Å². The first-order valence-electron chi connectivity index (χ1n) is 9.82. The normalized spacial score (nSPS) is 10.5. The van der Waals surface area contributed by atoms with Gasteiger partial charge in [0.05, 0.1) is 30.7 Å². The Balaban J connectivity index is 1.59. The Morgan fingerprint density at radius 2 is 1.81 bits per heavy atom. The van der Waals surface area contributed by atoms with Gasteiger partial charge in [0, 0.05) is 12.6 Å². The lowest BCUT2D eigenvalue weighted by atomic mass is 10.2. The first-order valence-corrected chi connectivity index (χ1v) is 9.82. The highest BCUT2D eigenvalue weighted by Crippen LogP contribution is 2.29. The molecule has 0 atom stereocenters. The molecule has 3 aromatic rings. The van der Waals surface area contributed by atoms with E-state index in [0.29, 0.717) is 29.4 Å². The summed E-state index contributed by atoms with van der Waals surface area (Å²) in [5, 5.41) is 9.66. The lowest BCUT2D eigenvalue weighted by Gasteiger charge is -2.12. The number of nitrogens with zero attached hydrogens (tertiary/aromatic N) is 2. The van der Waals surface area contributed by atoms with E-state index in [-0.39, 0.29) is 18.4 Å². The Morgan fingerprint density at radius 1 is 1.06 bits per heavy atom. The maximum Gasteiger partial charge on any atom is 0.251 e. The van der Waals surface area contributed by atoms with Gasteiger partial charge in [0.2, 0.25) is 5.91 Å². The summed E-state index contributed by atoms with van der Waals surface area (Å²) in [6.07, 6.45) is 0. The van der Waals surface area contributed by atoms with E-state index in [1.807, 2.05) is 44.2 Å². The van der Waals surface area contributed by atoms with Crippen LogP contribution in [0.1, 0.15) is 27.3 Å². The van der Waals surface area contributed by atoms with Gasteiger partial charge in [-0.1, -0.05) is 30.3 Å². The van der Waals surface area contributed by atoms with E-state index in [4.69, 9.17) is 9.47 Å². The molecule has 0 saturated heterocycles. The molecule has 0 unspecified atom stereocenters. The van der Waals surface area contributed by atoms with Crippen LogP contribution in [0.15, 0.2) is 48.5 Å². The van der Waals surface area contributed by atoms with Crippen LogP contribution in [0, 0.1) is 13.8 Å². The third-order valence-electron chi connectivity index (χ3n) is 4.85. The molecule has 0 spiro atoms. The Kier molecular flexibility index (Phi) is 6.92. The number of aromatic nitrogens is 2. The second-order valence-electron chi connectivity index (χ2n) is 7.04. The van der Waals surface area contributed by atoms with Gasteiger partial charge in [-0.25, -0.2) is 0 Å². The average molecular weight is 422 g/mol. The lowest BCUT2D eigenvalue weighted by Crippen LogP contribution is -2.33. The molecular formula is C23H26N4O4. The monoisotopic (exact) mass is 422 g/mol. The first kappa shape index (κ1) is 21.9. The zero-order valence-electron chi connectivity index (χ0n) is 18.1. The molecule has 0 bridgehead atoms. The lowest BCUT2D eigenvalue weighted by molar-refractivity contribution is -0.115. The molecule has 2 N–H and O–H groups in total. The number of aryl methyl sites for hydroxylation is 2. The van der Waals surface area contributed by atoms with Gasteiger partial charge in [-0.2, -0.15) is 5.10 Å². The van der Waals surface area contributed by atoms with E-state index < -0.39 is 0 Å². The first-order chi connectivity index (χ1) is 14.9. The molecule has 3 rings (SSSR count). The second kappa shape index (κ2) is 9.80. The summed E-state index contributed by atoms with van der Waals surface area (Å²) >= 11 is 0. The zero-order valence-corrected chi connectivity index (χ0v) is 18.1. The van der Waals surface area contributed by atoms with E-state index in [9.17, 15) is 9.59 Å². The predicted molar refractivity (Wildman–Crippen MR) is 117 cm³/mol. The fraction of sp³-hybridized carbons (Fsp3) is 0.261. The Hall–Kier alpha value is -3.81. The number of nitrogens with one attached hydrogen (secondary N) is 2. The highest BCUT2D eigenvalue weighted by Gasteiger charge is 2.15. The van der Waals surface area contributed by atoms with Gasteiger partial charge >= 0.3 is 0 Å². The molecule has 0 aliphatic carbocycles. The summed E-state index contributed by atoms with van der Waals surface area (Å²) < 4.78 is 12.9. The maximum atomic E-state index is 12.5. The number of carbonyl (C=O) groups excluding carboxylic acids is 2. The molecule has 0 saturated carbocycles. The molecular weight excluding hydrogens is 396 g/mol. The Morgan fingerprint density at radius 3 is 2.45 bits per heavy atom. The fourth-order valence-electron chi connectivity index (χ4n) is 3.06. The Labute approximate surface area is 181 Å². The van der Waals surface area contributed by atoms with Crippen molar-refractivity contribution < 1.29 is 19.1 Å². The van der Waals surface area contributed by atoms with Crippen LogP contribution in [0.2, 0.25) is 0 Å². The van der Waals surface area contributed by atoms with Crippen LogP contribution < -0.4 is 20.1 Å². The van der Waals surface area contributed by atoms with Gasteiger partial charge in [-0.15, -0.1) is 0 Å². The number of ether oxygens (including phenoxy) is 2. The van der Waals surface area contributed by atoms with Crippen molar-refractivity contribution >= 4 is 17.5 Å². The number of anilines is 1. The van der Waals surface area contributed by atoms with Gasteiger partial charge < -0.3 is 20.1 Å². The van der Waals surface area contributed by atoms with Crippen molar-refractivity contribution in [2.75, 3.05) is 19.0 Å².